The number of amides is 2. The van der Waals surface area contributed by atoms with Gasteiger partial charge in [0.15, 0.2) is 0 Å². The molecule has 2 N–H and O–H groups in total. The van der Waals surface area contributed by atoms with Crippen molar-refractivity contribution in [3.8, 4) is 0 Å². The van der Waals surface area contributed by atoms with Crippen LogP contribution in [0.4, 0.5) is 17.1 Å². The third kappa shape index (κ3) is 5.10. The summed E-state index contributed by atoms with van der Waals surface area (Å²) in [5.41, 5.74) is 2.44. The fourth-order valence-electron chi connectivity index (χ4n) is 2.84. The van der Waals surface area contributed by atoms with Crippen molar-refractivity contribution in [2.24, 2.45) is 5.41 Å². The molecule has 3 rings (SSSR count). The highest BCUT2D eigenvalue weighted by Gasteiger charge is 2.21. The van der Waals surface area contributed by atoms with E-state index in [1.165, 1.54) is 0 Å². The van der Waals surface area contributed by atoms with Crippen molar-refractivity contribution in [3.63, 3.8) is 0 Å². The number of rotatable bonds is 4. The Labute approximate surface area is 165 Å². The smallest absolute Gasteiger partial charge is 0.255 e. The Morgan fingerprint density at radius 2 is 1.61 bits per heavy atom. The minimum atomic E-state index is -0.500. The fourth-order valence-corrected chi connectivity index (χ4v) is 2.84. The summed E-state index contributed by atoms with van der Waals surface area (Å²) in [4.78, 5) is 27.0. The van der Waals surface area contributed by atoms with Crippen LogP contribution in [0.1, 0.15) is 31.1 Å². The van der Waals surface area contributed by atoms with Gasteiger partial charge >= 0.3 is 0 Å². The molecule has 1 aliphatic heterocycles. The average Bonchev–Trinajstić information content (AvgIpc) is 2.69. The highest BCUT2D eigenvalue weighted by molar-refractivity contribution is 6.05. The summed E-state index contributed by atoms with van der Waals surface area (Å²) in [6, 6.07) is 14.7. The van der Waals surface area contributed by atoms with E-state index >= 15 is 0 Å². The van der Waals surface area contributed by atoms with Gasteiger partial charge in [-0.05, 0) is 42.5 Å². The molecule has 6 heteroatoms. The minimum Gasteiger partial charge on any atom is -0.378 e. The van der Waals surface area contributed by atoms with Gasteiger partial charge < -0.3 is 20.3 Å². The second-order valence-corrected chi connectivity index (χ2v) is 7.89. The number of nitrogens with zero attached hydrogens (tertiary/aromatic N) is 1. The Morgan fingerprint density at radius 1 is 0.929 bits per heavy atom. The summed E-state index contributed by atoms with van der Waals surface area (Å²) in [6.07, 6.45) is 0. The van der Waals surface area contributed by atoms with Gasteiger partial charge in [0.25, 0.3) is 5.91 Å². The zero-order valence-electron chi connectivity index (χ0n) is 16.6. The average molecular weight is 381 g/mol. The third-order valence-electron chi connectivity index (χ3n) is 4.57. The lowest BCUT2D eigenvalue weighted by atomic mass is 9.95. The van der Waals surface area contributed by atoms with Gasteiger partial charge in [0, 0.05) is 41.1 Å². The van der Waals surface area contributed by atoms with Crippen LogP contribution < -0.4 is 15.5 Å². The van der Waals surface area contributed by atoms with E-state index in [0.29, 0.717) is 11.3 Å². The summed E-state index contributed by atoms with van der Waals surface area (Å²) < 4.78 is 5.37. The molecular weight excluding hydrogens is 354 g/mol. The maximum Gasteiger partial charge on any atom is 0.255 e. The summed E-state index contributed by atoms with van der Waals surface area (Å²) in [5, 5.41) is 5.75. The van der Waals surface area contributed by atoms with E-state index in [1.54, 1.807) is 24.3 Å². The number of anilines is 3. The SMILES string of the molecule is CC(C)(C)C(=O)Nc1cccc(C(=O)Nc2ccc(N3CCOCC3)cc2)c1. The molecule has 2 amide bonds. The molecule has 148 valence electrons. The summed E-state index contributed by atoms with van der Waals surface area (Å²) >= 11 is 0. The molecule has 0 aliphatic carbocycles. The van der Waals surface area contributed by atoms with Crippen molar-refractivity contribution in [3.05, 3.63) is 54.1 Å². The summed E-state index contributed by atoms with van der Waals surface area (Å²) in [7, 11) is 0. The predicted octanol–water partition coefficient (Wildman–Crippen LogP) is 3.76. The number of carbonyl (C=O) groups is 2. The molecule has 2 aromatic carbocycles. The topological polar surface area (TPSA) is 70.7 Å². The molecule has 1 aliphatic rings. The van der Waals surface area contributed by atoms with E-state index in [9.17, 15) is 9.59 Å². The third-order valence-corrected chi connectivity index (χ3v) is 4.57. The van der Waals surface area contributed by atoms with Crippen LogP contribution in [-0.2, 0) is 9.53 Å². The molecular formula is C22H27N3O3. The van der Waals surface area contributed by atoms with Crippen LogP contribution in [0.25, 0.3) is 0 Å². The number of morpholine rings is 1. The van der Waals surface area contributed by atoms with E-state index in [0.717, 1.165) is 37.7 Å². The molecule has 0 radical (unpaired) electrons. The van der Waals surface area contributed by atoms with E-state index in [4.69, 9.17) is 4.74 Å². The van der Waals surface area contributed by atoms with Gasteiger partial charge in [-0.2, -0.15) is 0 Å². The van der Waals surface area contributed by atoms with Crippen LogP contribution in [-0.4, -0.2) is 38.1 Å². The summed E-state index contributed by atoms with van der Waals surface area (Å²) in [5.74, 6) is -0.310. The Balaban J connectivity index is 1.64. The van der Waals surface area contributed by atoms with Crippen molar-refractivity contribution in [1.82, 2.24) is 0 Å². The van der Waals surface area contributed by atoms with Crippen LogP contribution in [0.15, 0.2) is 48.5 Å². The van der Waals surface area contributed by atoms with Gasteiger partial charge in [-0.15, -0.1) is 0 Å². The zero-order valence-corrected chi connectivity index (χ0v) is 16.6. The number of benzene rings is 2. The van der Waals surface area contributed by atoms with Gasteiger partial charge in [0.2, 0.25) is 5.91 Å². The fraction of sp³-hybridized carbons (Fsp3) is 0.364. The molecule has 1 fully saturated rings. The van der Waals surface area contributed by atoms with E-state index < -0.39 is 5.41 Å². The van der Waals surface area contributed by atoms with Crippen molar-refractivity contribution < 1.29 is 14.3 Å². The first-order valence-corrected chi connectivity index (χ1v) is 9.48. The Bertz CT molecular complexity index is 835. The van der Waals surface area contributed by atoms with Crippen LogP contribution >= 0.6 is 0 Å². The first kappa shape index (κ1) is 19.9. The normalized spacial score (nSPS) is 14.5. The van der Waals surface area contributed by atoms with E-state index in [2.05, 4.69) is 15.5 Å². The second-order valence-electron chi connectivity index (χ2n) is 7.89. The molecule has 6 nitrogen and oxygen atoms in total. The molecule has 0 unspecified atom stereocenters. The highest BCUT2D eigenvalue weighted by atomic mass is 16.5. The molecule has 1 heterocycles. The Hall–Kier alpha value is -2.86. The van der Waals surface area contributed by atoms with Crippen molar-refractivity contribution in [1.29, 1.82) is 0 Å². The van der Waals surface area contributed by atoms with Crippen molar-refractivity contribution >= 4 is 28.9 Å². The monoisotopic (exact) mass is 381 g/mol. The lowest BCUT2D eigenvalue weighted by Crippen LogP contribution is -2.36. The summed E-state index contributed by atoms with van der Waals surface area (Å²) in [6.45, 7) is 8.76. The first-order chi connectivity index (χ1) is 13.3. The molecule has 2 aromatic rings. The molecule has 1 saturated heterocycles. The number of hydrogen-bond acceptors (Lipinski definition) is 4. The number of carbonyl (C=O) groups excluding carboxylic acids is 2. The van der Waals surface area contributed by atoms with Gasteiger partial charge in [-0.25, -0.2) is 0 Å². The van der Waals surface area contributed by atoms with Gasteiger partial charge in [-0.3, -0.25) is 9.59 Å². The maximum absolute atomic E-state index is 12.6. The largest absolute Gasteiger partial charge is 0.378 e. The molecule has 0 aromatic heterocycles. The van der Waals surface area contributed by atoms with Crippen LogP contribution in [0.3, 0.4) is 0 Å². The van der Waals surface area contributed by atoms with Gasteiger partial charge in [0.1, 0.15) is 0 Å². The molecule has 28 heavy (non-hydrogen) atoms. The van der Waals surface area contributed by atoms with Crippen LogP contribution in [0.5, 0.6) is 0 Å². The standard InChI is InChI=1S/C22H27N3O3/c1-22(2,3)21(27)24-18-6-4-5-16(15-18)20(26)23-17-7-9-19(10-8-17)25-11-13-28-14-12-25/h4-10,15H,11-14H2,1-3H3,(H,23,26)(H,24,27). The lowest BCUT2D eigenvalue weighted by Gasteiger charge is -2.28. The van der Waals surface area contributed by atoms with Crippen LogP contribution in [0, 0.1) is 5.41 Å². The highest BCUT2D eigenvalue weighted by Crippen LogP contribution is 2.21. The predicted molar refractivity (Wildman–Crippen MR) is 112 cm³/mol. The second kappa shape index (κ2) is 8.44. The molecule has 0 bridgehead atoms. The molecule has 0 atom stereocenters. The number of hydrogen-bond donors (Lipinski definition) is 2. The van der Waals surface area contributed by atoms with Gasteiger partial charge in [-0.1, -0.05) is 26.8 Å². The zero-order chi connectivity index (χ0) is 20.1. The minimum absolute atomic E-state index is 0.0937. The first-order valence-electron chi connectivity index (χ1n) is 9.48. The van der Waals surface area contributed by atoms with Crippen molar-refractivity contribution in [2.45, 2.75) is 20.8 Å². The quantitative estimate of drug-likeness (QED) is 0.846. The van der Waals surface area contributed by atoms with Crippen LogP contribution in [0.2, 0.25) is 0 Å². The maximum atomic E-state index is 12.6. The van der Waals surface area contributed by atoms with E-state index in [-0.39, 0.29) is 11.8 Å². The van der Waals surface area contributed by atoms with Crippen molar-refractivity contribution in [2.75, 3.05) is 41.8 Å². The lowest BCUT2D eigenvalue weighted by molar-refractivity contribution is -0.123. The molecule has 0 spiro atoms. The van der Waals surface area contributed by atoms with Gasteiger partial charge in [0.05, 0.1) is 13.2 Å². The number of nitrogens with one attached hydrogen (secondary N) is 2. The Morgan fingerprint density at radius 3 is 2.25 bits per heavy atom. The van der Waals surface area contributed by atoms with E-state index in [1.807, 2.05) is 45.0 Å². The Kier molecular flexibility index (Phi) is 5.99. The molecule has 0 saturated carbocycles. The number of ether oxygens (including phenoxy) is 1.